The minimum atomic E-state index is -0.510. The zero-order valence-corrected chi connectivity index (χ0v) is 7.55. The molecule has 0 saturated heterocycles. The van der Waals surface area contributed by atoms with Crippen LogP contribution in [0.15, 0.2) is 12.3 Å². The quantitative estimate of drug-likeness (QED) is 0.627. The van der Waals surface area contributed by atoms with Crippen LogP contribution in [0.2, 0.25) is 5.02 Å². The summed E-state index contributed by atoms with van der Waals surface area (Å²) >= 11 is 5.80. The van der Waals surface area contributed by atoms with Crippen LogP contribution in [0.1, 0.15) is 16.1 Å². The van der Waals surface area contributed by atoms with E-state index in [-0.39, 0.29) is 5.69 Å². The summed E-state index contributed by atoms with van der Waals surface area (Å²) in [6.45, 7) is 1.80. The number of carbonyl (C=O) groups is 1. The number of methoxy groups -OCH3 is 1. The number of hydrogen-bond acceptors (Lipinski definition) is 3. The predicted molar refractivity (Wildman–Crippen MR) is 45.3 cm³/mol. The van der Waals surface area contributed by atoms with E-state index < -0.39 is 5.97 Å². The molecular formula is C8H8ClNO2. The summed E-state index contributed by atoms with van der Waals surface area (Å²) in [5, 5.41) is 0.351. The topological polar surface area (TPSA) is 39.2 Å². The zero-order chi connectivity index (χ0) is 9.14. The molecule has 1 aromatic heterocycles. The van der Waals surface area contributed by atoms with Crippen molar-refractivity contribution in [2.45, 2.75) is 6.92 Å². The number of aryl methyl sites for hydroxylation is 1. The van der Waals surface area contributed by atoms with Crippen LogP contribution in [0.4, 0.5) is 0 Å². The van der Waals surface area contributed by atoms with Gasteiger partial charge in [-0.25, -0.2) is 9.78 Å². The Balaban J connectivity index is 3.16. The van der Waals surface area contributed by atoms with Crippen molar-refractivity contribution in [1.82, 2.24) is 4.98 Å². The van der Waals surface area contributed by atoms with E-state index in [0.29, 0.717) is 5.02 Å². The molecule has 4 heteroatoms. The molecule has 0 N–H and O–H groups in total. The SMILES string of the molecule is COC(=O)c1nccc(C)c1Cl. The van der Waals surface area contributed by atoms with Crippen molar-refractivity contribution in [2.24, 2.45) is 0 Å². The fraction of sp³-hybridized carbons (Fsp3) is 0.250. The van der Waals surface area contributed by atoms with Crippen molar-refractivity contribution in [2.75, 3.05) is 7.11 Å². The summed E-state index contributed by atoms with van der Waals surface area (Å²) < 4.78 is 4.49. The Morgan fingerprint density at radius 2 is 2.33 bits per heavy atom. The highest BCUT2D eigenvalue weighted by molar-refractivity contribution is 6.33. The molecule has 0 radical (unpaired) electrons. The van der Waals surface area contributed by atoms with Crippen LogP contribution in [-0.4, -0.2) is 18.1 Å². The molecule has 0 aromatic carbocycles. The van der Waals surface area contributed by atoms with Gasteiger partial charge in [-0.1, -0.05) is 11.6 Å². The molecule has 0 aliphatic heterocycles. The molecule has 0 aliphatic carbocycles. The molecule has 64 valence electrons. The number of aromatic nitrogens is 1. The summed E-state index contributed by atoms with van der Waals surface area (Å²) in [6.07, 6.45) is 1.52. The largest absolute Gasteiger partial charge is 0.464 e. The summed E-state index contributed by atoms with van der Waals surface area (Å²) in [6, 6.07) is 1.73. The van der Waals surface area contributed by atoms with E-state index in [0.717, 1.165) is 5.56 Å². The Morgan fingerprint density at radius 1 is 1.67 bits per heavy atom. The summed E-state index contributed by atoms with van der Waals surface area (Å²) in [7, 11) is 1.29. The van der Waals surface area contributed by atoms with E-state index in [2.05, 4.69) is 9.72 Å². The normalized spacial score (nSPS) is 9.58. The lowest BCUT2D eigenvalue weighted by Gasteiger charge is -2.02. The van der Waals surface area contributed by atoms with Crippen molar-refractivity contribution in [3.63, 3.8) is 0 Å². The average Bonchev–Trinajstić information content (AvgIpc) is 2.08. The molecule has 1 aromatic rings. The third-order valence-corrected chi connectivity index (χ3v) is 1.94. The van der Waals surface area contributed by atoms with Gasteiger partial charge in [0.1, 0.15) is 0 Å². The first-order valence-corrected chi connectivity index (χ1v) is 3.74. The Morgan fingerprint density at radius 3 is 2.92 bits per heavy atom. The second kappa shape index (κ2) is 3.54. The van der Waals surface area contributed by atoms with Crippen LogP contribution >= 0.6 is 11.6 Å². The Kier molecular flexibility index (Phi) is 2.65. The maximum atomic E-state index is 11.0. The molecule has 0 bridgehead atoms. The van der Waals surface area contributed by atoms with Gasteiger partial charge in [0.15, 0.2) is 5.69 Å². The highest BCUT2D eigenvalue weighted by atomic mass is 35.5. The number of pyridine rings is 1. The summed E-state index contributed by atoms with van der Waals surface area (Å²) in [5.74, 6) is -0.510. The third kappa shape index (κ3) is 1.56. The van der Waals surface area contributed by atoms with Crippen LogP contribution in [-0.2, 0) is 4.74 Å². The number of ether oxygens (including phenoxy) is 1. The molecule has 0 atom stereocenters. The van der Waals surface area contributed by atoms with Gasteiger partial charge in [-0.05, 0) is 18.6 Å². The van der Waals surface area contributed by atoms with Crippen LogP contribution < -0.4 is 0 Å². The first-order valence-electron chi connectivity index (χ1n) is 3.36. The molecule has 0 aliphatic rings. The first kappa shape index (κ1) is 9.00. The number of carbonyl (C=O) groups excluding carboxylic acids is 1. The van der Waals surface area contributed by atoms with Crippen molar-refractivity contribution in [3.05, 3.63) is 28.5 Å². The Labute approximate surface area is 75.3 Å². The molecule has 0 unspecified atom stereocenters. The minimum Gasteiger partial charge on any atom is -0.464 e. The van der Waals surface area contributed by atoms with E-state index in [9.17, 15) is 4.79 Å². The average molecular weight is 186 g/mol. The summed E-state index contributed by atoms with van der Waals surface area (Å²) in [5.41, 5.74) is 0.978. The molecule has 12 heavy (non-hydrogen) atoms. The molecule has 3 nitrogen and oxygen atoms in total. The van der Waals surface area contributed by atoms with Crippen LogP contribution in [0.5, 0.6) is 0 Å². The van der Waals surface area contributed by atoms with Crippen molar-refractivity contribution in [3.8, 4) is 0 Å². The molecule has 0 fully saturated rings. The predicted octanol–water partition coefficient (Wildman–Crippen LogP) is 1.83. The van der Waals surface area contributed by atoms with Gasteiger partial charge in [-0.2, -0.15) is 0 Å². The molecule has 0 spiro atoms. The van der Waals surface area contributed by atoms with E-state index in [1.165, 1.54) is 13.3 Å². The second-order valence-corrected chi connectivity index (χ2v) is 2.66. The van der Waals surface area contributed by atoms with Gasteiger partial charge in [0.25, 0.3) is 0 Å². The first-order chi connectivity index (χ1) is 5.66. The monoisotopic (exact) mass is 185 g/mol. The van der Waals surface area contributed by atoms with Gasteiger partial charge in [-0.3, -0.25) is 0 Å². The number of hydrogen-bond donors (Lipinski definition) is 0. The Hall–Kier alpha value is -1.09. The maximum Gasteiger partial charge on any atom is 0.358 e. The highest BCUT2D eigenvalue weighted by Gasteiger charge is 2.12. The van der Waals surface area contributed by atoms with Gasteiger partial charge in [-0.15, -0.1) is 0 Å². The van der Waals surface area contributed by atoms with Crippen molar-refractivity contribution >= 4 is 17.6 Å². The van der Waals surface area contributed by atoms with E-state index >= 15 is 0 Å². The Bertz CT molecular complexity index is 312. The van der Waals surface area contributed by atoms with Gasteiger partial charge < -0.3 is 4.74 Å². The lowest BCUT2D eigenvalue weighted by Crippen LogP contribution is -2.05. The van der Waals surface area contributed by atoms with Gasteiger partial charge in [0, 0.05) is 6.20 Å². The lowest BCUT2D eigenvalue weighted by atomic mass is 10.2. The standard InChI is InChI=1S/C8H8ClNO2/c1-5-3-4-10-7(6(5)9)8(11)12-2/h3-4H,1-2H3. The number of esters is 1. The van der Waals surface area contributed by atoms with E-state index in [1.807, 2.05) is 0 Å². The molecule has 1 rings (SSSR count). The fourth-order valence-electron chi connectivity index (χ4n) is 0.779. The zero-order valence-electron chi connectivity index (χ0n) is 6.80. The molecule has 0 amide bonds. The fourth-order valence-corrected chi connectivity index (χ4v) is 0.968. The van der Waals surface area contributed by atoms with E-state index in [1.54, 1.807) is 13.0 Å². The summed E-state index contributed by atoms with van der Waals surface area (Å²) in [4.78, 5) is 14.8. The number of nitrogens with zero attached hydrogens (tertiary/aromatic N) is 1. The molecular weight excluding hydrogens is 178 g/mol. The van der Waals surface area contributed by atoms with Gasteiger partial charge in [0.05, 0.1) is 12.1 Å². The maximum absolute atomic E-state index is 11.0. The third-order valence-electron chi connectivity index (χ3n) is 1.46. The van der Waals surface area contributed by atoms with Crippen LogP contribution in [0, 0.1) is 6.92 Å². The second-order valence-electron chi connectivity index (χ2n) is 2.28. The van der Waals surface area contributed by atoms with E-state index in [4.69, 9.17) is 11.6 Å². The van der Waals surface area contributed by atoms with Gasteiger partial charge in [0.2, 0.25) is 0 Å². The van der Waals surface area contributed by atoms with Crippen molar-refractivity contribution < 1.29 is 9.53 Å². The van der Waals surface area contributed by atoms with Crippen LogP contribution in [0.25, 0.3) is 0 Å². The molecule has 1 heterocycles. The number of rotatable bonds is 1. The molecule has 0 saturated carbocycles. The van der Waals surface area contributed by atoms with Crippen molar-refractivity contribution in [1.29, 1.82) is 0 Å². The lowest BCUT2D eigenvalue weighted by molar-refractivity contribution is 0.0594. The highest BCUT2D eigenvalue weighted by Crippen LogP contribution is 2.18. The number of halogens is 1. The smallest absolute Gasteiger partial charge is 0.358 e. The minimum absolute atomic E-state index is 0.166. The van der Waals surface area contributed by atoms with Crippen LogP contribution in [0.3, 0.4) is 0 Å². The van der Waals surface area contributed by atoms with Gasteiger partial charge >= 0.3 is 5.97 Å².